The second-order valence-corrected chi connectivity index (χ2v) is 4.02. The van der Waals surface area contributed by atoms with E-state index in [-0.39, 0.29) is 5.78 Å². The monoisotopic (exact) mass is 181 g/mol. The lowest BCUT2D eigenvalue weighted by atomic mass is 10.1. The first-order valence-electron chi connectivity index (χ1n) is 5.08. The van der Waals surface area contributed by atoms with Crippen LogP contribution in [0, 0.1) is 0 Å². The largest absolute Gasteiger partial charge is 0.296 e. The van der Waals surface area contributed by atoms with E-state index in [0.717, 1.165) is 18.7 Å². The summed E-state index contributed by atoms with van der Waals surface area (Å²) in [5.74, 6) is 0.252. The lowest BCUT2D eigenvalue weighted by Crippen LogP contribution is -2.33. The van der Waals surface area contributed by atoms with Crippen molar-refractivity contribution in [2.24, 2.45) is 0 Å². The Morgan fingerprint density at radius 1 is 1.23 bits per heavy atom. The summed E-state index contributed by atoms with van der Waals surface area (Å²) in [6.07, 6.45) is 5.58. The number of hydrogen-bond acceptors (Lipinski definition) is 2. The second-order valence-electron chi connectivity index (χ2n) is 4.02. The summed E-state index contributed by atoms with van der Waals surface area (Å²) in [7, 11) is 0. The van der Waals surface area contributed by atoms with E-state index in [9.17, 15) is 4.79 Å². The zero-order chi connectivity index (χ0) is 9.68. The maximum absolute atomic E-state index is 11.4. The third-order valence-corrected chi connectivity index (χ3v) is 2.28. The number of carbonyl (C=O) groups excluding carboxylic acids is 1. The Bertz CT molecular complexity index is 198. The molecule has 0 amide bonds. The molecule has 0 aromatic carbocycles. The molecule has 74 valence electrons. The van der Waals surface area contributed by atoms with E-state index in [0.29, 0.717) is 6.54 Å². The summed E-state index contributed by atoms with van der Waals surface area (Å²) in [5.41, 5.74) is 1.10. The smallest absolute Gasteiger partial charge is 0.169 e. The molecule has 0 aliphatic carbocycles. The predicted molar refractivity (Wildman–Crippen MR) is 54.7 cm³/mol. The van der Waals surface area contributed by atoms with Gasteiger partial charge in [0.1, 0.15) is 0 Å². The average molecular weight is 181 g/mol. The molecule has 0 atom stereocenters. The van der Waals surface area contributed by atoms with Crippen LogP contribution in [0.2, 0.25) is 0 Å². The van der Waals surface area contributed by atoms with Gasteiger partial charge in [0, 0.05) is 0 Å². The van der Waals surface area contributed by atoms with Gasteiger partial charge in [0.25, 0.3) is 0 Å². The Labute approximate surface area is 80.6 Å². The van der Waals surface area contributed by atoms with Crippen molar-refractivity contribution in [3.8, 4) is 0 Å². The van der Waals surface area contributed by atoms with Gasteiger partial charge < -0.3 is 0 Å². The van der Waals surface area contributed by atoms with Crippen LogP contribution in [0.4, 0.5) is 0 Å². The van der Waals surface area contributed by atoms with Crippen molar-refractivity contribution in [1.29, 1.82) is 0 Å². The van der Waals surface area contributed by atoms with Crippen LogP contribution < -0.4 is 0 Å². The van der Waals surface area contributed by atoms with E-state index >= 15 is 0 Å². The molecule has 2 nitrogen and oxygen atoms in total. The SMILES string of the molecule is CC(C)=CC(=O)CN1CCCCC1. The number of nitrogens with zero attached hydrogens (tertiary/aromatic N) is 1. The molecule has 1 aliphatic heterocycles. The fourth-order valence-corrected chi connectivity index (χ4v) is 1.71. The van der Waals surface area contributed by atoms with Crippen LogP contribution in [0.5, 0.6) is 0 Å². The number of piperidine rings is 1. The zero-order valence-electron chi connectivity index (χ0n) is 8.68. The van der Waals surface area contributed by atoms with Crippen LogP contribution in [-0.2, 0) is 4.79 Å². The molecule has 0 bridgehead atoms. The molecule has 0 unspecified atom stereocenters. The van der Waals surface area contributed by atoms with Crippen molar-refractivity contribution in [1.82, 2.24) is 4.90 Å². The molecule has 1 heterocycles. The van der Waals surface area contributed by atoms with Gasteiger partial charge in [0.15, 0.2) is 5.78 Å². The van der Waals surface area contributed by atoms with Gasteiger partial charge in [-0.15, -0.1) is 0 Å². The van der Waals surface area contributed by atoms with Crippen LogP contribution in [0.15, 0.2) is 11.6 Å². The molecule has 1 aliphatic rings. The van der Waals surface area contributed by atoms with Crippen molar-refractivity contribution in [3.63, 3.8) is 0 Å². The van der Waals surface area contributed by atoms with E-state index in [4.69, 9.17) is 0 Å². The lowest BCUT2D eigenvalue weighted by Gasteiger charge is -2.25. The van der Waals surface area contributed by atoms with Crippen LogP contribution in [0.25, 0.3) is 0 Å². The maximum atomic E-state index is 11.4. The molecule has 1 fully saturated rings. The number of hydrogen-bond donors (Lipinski definition) is 0. The Morgan fingerprint density at radius 2 is 1.85 bits per heavy atom. The van der Waals surface area contributed by atoms with Crippen molar-refractivity contribution >= 4 is 5.78 Å². The fraction of sp³-hybridized carbons (Fsp3) is 0.727. The minimum Gasteiger partial charge on any atom is -0.296 e. The summed E-state index contributed by atoms with van der Waals surface area (Å²) in [5, 5.41) is 0. The van der Waals surface area contributed by atoms with Gasteiger partial charge >= 0.3 is 0 Å². The minimum atomic E-state index is 0.252. The number of ketones is 1. The molecule has 1 saturated heterocycles. The van der Waals surface area contributed by atoms with Crippen molar-refractivity contribution in [3.05, 3.63) is 11.6 Å². The van der Waals surface area contributed by atoms with Crippen molar-refractivity contribution in [2.45, 2.75) is 33.1 Å². The van der Waals surface area contributed by atoms with E-state index in [1.807, 2.05) is 13.8 Å². The second kappa shape index (κ2) is 5.18. The van der Waals surface area contributed by atoms with Crippen LogP contribution >= 0.6 is 0 Å². The Morgan fingerprint density at radius 3 is 2.38 bits per heavy atom. The van der Waals surface area contributed by atoms with Gasteiger partial charge in [-0.2, -0.15) is 0 Å². The predicted octanol–water partition coefficient (Wildman–Crippen LogP) is 2.01. The lowest BCUT2D eigenvalue weighted by molar-refractivity contribution is -0.115. The standard InChI is InChI=1S/C11H19NO/c1-10(2)8-11(13)9-12-6-4-3-5-7-12/h8H,3-7,9H2,1-2H3. The normalized spacial score (nSPS) is 18.3. The third kappa shape index (κ3) is 4.23. The number of rotatable bonds is 3. The summed E-state index contributed by atoms with van der Waals surface area (Å²) in [6, 6.07) is 0. The van der Waals surface area contributed by atoms with Crippen LogP contribution in [-0.4, -0.2) is 30.3 Å². The van der Waals surface area contributed by atoms with Gasteiger partial charge in [-0.25, -0.2) is 0 Å². The van der Waals surface area contributed by atoms with Gasteiger partial charge in [-0.1, -0.05) is 12.0 Å². The topological polar surface area (TPSA) is 20.3 Å². The van der Waals surface area contributed by atoms with Crippen LogP contribution in [0.3, 0.4) is 0 Å². The van der Waals surface area contributed by atoms with Gasteiger partial charge in [0.2, 0.25) is 0 Å². The van der Waals surface area contributed by atoms with E-state index in [1.54, 1.807) is 6.08 Å². The average Bonchev–Trinajstić information content (AvgIpc) is 2.04. The zero-order valence-corrected chi connectivity index (χ0v) is 8.68. The molecule has 1 rings (SSSR count). The molecular weight excluding hydrogens is 162 g/mol. The Kier molecular flexibility index (Phi) is 4.16. The molecule has 0 radical (unpaired) electrons. The molecule has 0 spiro atoms. The highest BCUT2D eigenvalue weighted by atomic mass is 16.1. The fourth-order valence-electron chi connectivity index (χ4n) is 1.71. The third-order valence-electron chi connectivity index (χ3n) is 2.28. The van der Waals surface area contributed by atoms with Crippen molar-refractivity contribution in [2.75, 3.05) is 19.6 Å². The van der Waals surface area contributed by atoms with E-state index < -0.39 is 0 Å². The molecule has 13 heavy (non-hydrogen) atoms. The molecule has 0 aromatic rings. The first-order chi connectivity index (χ1) is 6.18. The summed E-state index contributed by atoms with van der Waals surface area (Å²) in [4.78, 5) is 13.7. The molecular formula is C11H19NO. The highest BCUT2D eigenvalue weighted by Crippen LogP contribution is 2.08. The first-order valence-corrected chi connectivity index (χ1v) is 5.08. The molecule has 0 aromatic heterocycles. The van der Waals surface area contributed by atoms with E-state index in [2.05, 4.69) is 4.90 Å². The first kappa shape index (κ1) is 10.5. The number of carbonyl (C=O) groups is 1. The summed E-state index contributed by atoms with van der Waals surface area (Å²) in [6.45, 7) is 6.75. The van der Waals surface area contributed by atoms with Gasteiger partial charge in [0.05, 0.1) is 6.54 Å². The maximum Gasteiger partial charge on any atom is 0.169 e. The molecule has 0 saturated carbocycles. The minimum absolute atomic E-state index is 0.252. The Hall–Kier alpha value is -0.630. The van der Waals surface area contributed by atoms with Crippen LogP contribution in [0.1, 0.15) is 33.1 Å². The molecule has 0 N–H and O–H groups in total. The molecule has 2 heteroatoms. The number of allylic oxidation sites excluding steroid dienone is 1. The highest BCUT2D eigenvalue weighted by Gasteiger charge is 2.11. The Balaban J connectivity index is 2.30. The van der Waals surface area contributed by atoms with Crippen molar-refractivity contribution < 1.29 is 4.79 Å². The van der Waals surface area contributed by atoms with E-state index in [1.165, 1.54) is 19.3 Å². The quantitative estimate of drug-likeness (QED) is 0.621. The summed E-state index contributed by atoms with van der Waals surface area (Å²) < 4.78 is 0. The van der Waals surface area contributed by atoms with Gasteiger partial charge in [-0.3, -0.25) is 9.69 Å². The number of likely N-dealkylation sites (tertiary alicyclic amines) is 1. The highest BCUT2D eigenvalue weighted by molar-refractivity contribution is 5.91. The van der Waals surface area contributed by atoms with Gasteiger partial charge in [-0.05, 0) is 45.9 Å². The summed E-state index contributed by atoms with van der Waals surface area (Å²) >= 11 is 0.